The monoisotopic (exact) mass is 685 g/mol. The van der Waals surface area contributed by atoms with Crippen molar-refractivity contribution in [2.75, 3.05) is 49.4 Å². The highest BCUT2D eigenvalue weighted by atomic mass is 35.5. The first kappa shape index (κ1) is 35.2. The second-order valence-electron chi connectivity index (χ2n) is 11.1. The normalized spacial score (nSPS) is 14.4. The number of furan rings is 1. The smallest absolute Gasteiger partial charge is 0.422 e. The minimum Gasteiger partial charge on any atom is -0.508 e. The summed E-state index contributed by atoms with van der Waals surface area (Å²) < 4.78 is 49.5. The number of piperazine rings is 1. The average Bonchev–Trinajstić information content (AvgIpc) is 3.39. The quantitative estimate of drug-likeness (QED) is 0.178. The van der Waals surface area contributed by atoms with Gasteiger partial charge in [0.05, 0.1) is 0 Å². The Morgan fingerprint density at radius 2 is 1.67 bits per heavy atom. The number of alkyl halides is 5. The first-order valence-electron chi connectivity index (χ1n) is 14.9. The van der Waals surface area contributed by atoms with Gasteiger partial charge in [0.2, 0.25) is 11.8 Å². The Hall–Kier alpha value is -3.64. The minimum absolute atomic E-state index is 0.0552. The molecule has 1 atom stereocenters. The molecular weight excluding hydrogens is 650 g/mol. The van der Waals surface area contributed by atoms with Crippen LogP contribution in [0.25, 0.3) is 11.0 Å². The Morgan fingerprint density at radius 3 is 2.28 bits per heavy atom. The maximum Gasteiger partial charge on any atom is 0.422 e. The number of fused-ring (bicyclic) bond motifs is 1. The van der Waals surface area contributed by atoms with E-state index in [1.165, 1.54) is 6.92 Å². The number of hydrogen-bond acceptors (Lipinski definition) is 7. The van der Waals surface area contributed by atoms with Crippen LogP contribution >= 0.6 is 23.2 Å². The first-order valence-corrected chi connectivity index (χ1v) is 16.0. The van der Waals surface area contributed by atoms with Gasteiger partial charge in [-0.15, -0.1) is 23.2 Å². The number of aryl methyl sites for hydroxylation is 2. The number of halogens is 5. The number of hydrogen-bond donors (Lipinski definition) is 2. The number of amides is 2. The van der Waals surface area contributed by atoms with Crippen molar-refractivity contribution in [3.8, 4) is 5.75 Å². The van der Waals surface area contributed by atoms with Crippen LogP contribution in [0.5, 0.6) is 5.75 Å². The summed E-state index contributed by atoms with van der Waals surface area (Å²) in [6, 6.07) is 9.26. The number of rotatable bonds is 13. The molecule has 3 aromatic rings. The maximum absolute atomic E-state index is 13.8. The molecule has 0 spiro atoms. The molecule has 1 aromatic heterocycles. The Morgan fingerprint density at radius 1 is 1.02 bits per heavy atom. The van der Waals surface area contributed by atoms with Crippen molar-refractivity contribution in [3.05, 3.63) is 58.8 Å². The van der Waals surface area contributed by atoms with E-state index in [0.717, 1.165) is 5.69 Å². The van der Waals surface area contributed by atoms with Gasteiger partial charge in [-0.3, -0.25) is 9.59 Å². The molecule has 4 rings (SSSR count). The molecule has 2 heterocycles. The van der Waals surface area contributed by atoms with Crippen molar-refractivity contribution in [2.24, 2.45) is 0 Å². The lowest BCUT2D eigenvalue weighted by molar-refractivity contribution is -0.161. The van der Waals surface area contributed by atoms with Gasteiger partial charge in [0.15, 0.2) is 6.61 Å². The predicted molar refractivity (Wildman–Crippen MR) is 169 cm³/mol. The molecule has 1 saturated heterocycles. The molecule has 1 aliphatic heterocycles. The molecule has 0 unspecified atom stereocenters. The molecule has 2 N–H and O–H groups in total. The average molecular weight is 687 g/mol. The van der Waals surface area contributed by atoms with Gasteiger partial charge in [-0.2, -0.15) is 13.2 Å². The van der Waals surface area contributed by atoms with Gasteiger partial charge in [0.1, 0.15) is 28.7 Å². The molecular formula is C32H36Cl2F3N3O6. The van der Waals surface area contributed by atoms with Crippen molar-refractivity contribution >= 4 is 57.6 Å². The van der Waals surface area contributed by atoms with Crippen molar-refractivity contribution in [1.29, 1.82) is 0 Å². The number of phenolic OH excluding ortho intramolecular Hbond substituents is 1. The molecule has 1 fully saturated rings. The number of nitrogens with one attached hydrogen (secondary N) is 1. The molecule has 14 heteroatoms. The standard InChI is InChI=1S/C32H36Cl2F3N3O6/c1-20(41)38-26(30(43)40-14-12-39(13-15-40)23-6-8-24(42)9-7-23)18-21-16-22(4-2-10-33)29-25(17-21)28(27(46-29)5-3-11-34)31(44)45-19-32(35,36)37/h6-9,16-17,26,42H,2-5,10-15,18-19H2,1H3,(H,38,41)/t26-/m1/s1. The summed E-state index contributed by atoms with van der Waals surface area (Å²) in [5, 5.41) is 12.6. The van der Waals surface area contributed by atoms with E-state index in [2.05, 4.69) is 15.0 Å². The van der Waals surface area contributed by atoms with E-state index < -0.39 is 30.7 Å². The third kappa shape index (κ3) is 9.22. The lowest BCUT2D eigenvalue weighted by Gasteiger charge is -2.37. The summed E-state index contributed by atoms with van der Waals surface area (Å²) in [5.74, 6) is -0.991. The zero-order valence-electron chi connectivity index (χ0n) is 25.3. The fourth-order valence-corrected chi connectivity index (χ4v) is 5.81. The Balaban J connectivity index is 1.64. The minimum atomic E-state index is -4.72. The highest BCUT2D eigenvalue weighted by molar-refractivity contribution is 6.18. The van der Waals surface area contributed by atoms with E-state index in [-0.39, 0.29) is 47.1 Å². The van der Waals surface area contributed by atoms with Crippen LogP contribution in [-0.4, -0.2) is 84.6 Å². The van der Waals surface area contributed by atoms with Crippen LogP contribution in [0.3, 0.4) is 0 Å². The number of anilines is 1. The third-order valence-corrected chi connectivity index (χ3v) is 8.14. The van der Waals surface area contributed by atoms with Gasteiger partial charge < -0.3 is 29.4 Å². The summed E-state index contributed by atoms with van der Waals surface area (Å²) in [6.45, 7) is 1.44. The number of ether oxygens (including phenoxy) is 1. The van der Waals surface area contributed by atoms with E-state index in [0.29, 0.717) is 68.0 Å². The van der Waals surface area contributed by atoms with Crippen LogP contribution in [0.4, 0.5) is 18.9 Å². The summed E-state index contributed by atoms with van der Waals surface area (Å²) >= 11 is 11.8. The Labute approximate surface area is 274 Å². The molecule has 0 radical (unpaired) electrons. The van der Waals surface area contributed by atoms with Crippen LogP contribution in [0.2, 0.25) is 0 Å². The zero-order valence-corrected chi connectivity index (χ0v) is 26.8. The number of carbonyl (C=O) groups is 3. The van der Waals surface area contributed by atoms with Crippen molar-refractivity contribution < 1.29 is 41.8 Å². The molecule has 2 amide bonds. The molecule has 9 nitrogen and oxygen atoms in total. The van der Waals surface area contributed by atoms with Crippen LogP contribution < -0.4 is 10.2 Å². The second-order valence-corrected chi connectivity index (χ2v) is 11.9. The number of aromatic hydroxyl groups is 1. The van der Waals surface area contributed by atoms with Crippen molar-refractivity contribution in [2.45, 2.75) is 51.2 Å². The van der Waals surface area contributed by atoms with E-state index >= 15 is 0 Å². The highest BCUT2D eigenvalue weighted by Gasteiger charge is 2.33. The van der Waals surface area contributed by atoms with Gasteiger partial charge in [0, 0.05) is 68.8 Å². The zero-order chi connectivity index (χ0) is 33.4. The number of carbonyl (C=O) groups excluding carboxylic acids is 3. The van der Waals surface area contributed by atoms with Crippen molar-refractivity contribution in [1.82, 2.24) is 10.2 Å². The summed E-state index contributed by atoms with van der Waals surface area (Å²) in [7, 11) is 0. The topological polar surface area (TPSA) is 112 Å². The molecule has 0 aliphatic carbocycles. The van der Waals surface area contributed by atoms with Crippen molar-refractivity contribution in [3.63, 3.8) is 0 Å². The van der Waals surface area contributed by atoms with Crippen LogP contribution in [-0.2, 0) is 33.6 Å². The van der Waals surface area contributed by atoms with Crippen LogP contribution in [0, 0.1) is 0 Å². The predicted octanol–water partition coefficient (Wildman–Crippen LogP) is 5.60. The Kier molecular flexibility index (Phi) is 12.1. The number of phenols is 1. The van der Waals surface area contributed by atoms with Crippen LogP contribution in [0.1, 0.15) is 47.0 Å². The lowest BCUT2D eigenvalue weighted by Crippen LogP contribution is -2.55. The molecule has 0 saturated carbocycles. The van der Waals surface area contributed by atoms with Gasteiger partial charge in [-0.05, 0) is 60.7 Å². The first-order chi connectivity index (χ1) is 21.9. The Bertz CT molecular complexity index is 1520. The number of nitrogens with zero attached hydrogens (tertiary/aromatic N) is 2. The van der Waals surface area contributed by atoms with Gasteiger partial charge >= 0.3 is 12.1 Å². The van der Waals surface area contributed by atoms with E-state index in [4.69, 9.17) is 27.6 Å². The number of benzene rings is 2. The van der Waals surface area contributed by atoms with Gasteiger partial charge in [-0.1, -0.05) is 6.07 Å². The lowest BCUT2D eigenvalue weighted by atomic mass is 9.96. The summed E-state index contributed by atoms with van der Waals surface area (Å²) in [6.07, 6.45) is -3.08. The second kappa shape index (κ2) is 15.8. The van der Waals surface area contributed by atoms with Gasteiger partial charge in [-0.25, -0.2) is 4.79 Å². The summed E-state index contributed by atoms with van der Waals surface area (Å²) in [5.41, 5.74) is 2.35. The third-order valence-electron chi connectivity index (χ3n) is 7.61. The van der Waals surface area contributed by atoms with Crippen LogP contribution in [0.15, 0.2) is 40.8 Å². The summed E-state index contributed by atoms with van der Waals surface area (Å²) in [4.78, 5) is 42.8. The van der Waals surface area contributed by atoms with E-state index in [9.17, 15) is 32.7 Å². The maximum atomic E-state index is 13.8. The fourth-order valence-electron chi connectivity index (χ4n) is 5.54. The molecule has 250 valence electrons. The van der Waals surface area contributed by atoms with Gasteiger partial charge in [0.25, 0.3) is 0 Å². The molecule has 0 bridgehead atoms. The molecule has 46 heavy (non-hydrogen) atoms. The highest BCUT2D eigenvalue weighted by Crippen LogP contribution is 2.33. The SMILES string of the molecule is CC(=O)N[C@H](Cc1cc(CCCCl)c2oc(CCCCl)c(C(=O)OCC(F)(F)F)c2c1)C(=O)N1CCN(c2ccc(O)cc2)CC1. The molecule has 2 aromatic carbocycles. The van der Waals surface area contributed by atoms with E-state index in [1.807, 2.05) is 0 Å². The fraction of sp³-hybridized carbons (Fsp3) is 0.469. The van der Waals surface area contributed by atoms with E-state index in [1.54, 1.807) is 41.3 Å². The molecule has 1 aliphatic rings. The largest absolute Gasteiger partial charge is 0.508 e. The number of esters is 1.